The molecule has 2 N–H and O–H groups in total. The number of ether oxygens (including phenoxy) is 2. The predicted octanol–water partition coefficient (Wildman–Crippen LogP) is 3.65. The summed E-state index contributed by atoms with van der Waals surface area (Å²) in [6, 6.07) is 14.5. The second-order valence-corrected chi connectivity index (χ2v) is 6.07. The highest BCUT2D eigenvalue weighted by Gasteiger charge is 2.30. The van der Waals surface area contributed by atoms with Gasteiger partial charge in [-0.1, -0.05) is 23.7 Å². The molecule has 0 radical (unpaired) electrons. The molecule has 24 heavy (non-hydrogen) atoms. The molecule has 0 unspecified atom stereocenters. The van der Waals surface area contributed by atoms with Crippen LogP contribution in [-0.2, 0) is 4.74 Å². The van der Waals surface area contributed by atoms with Crippen molar-refractivity contribution in [1.82, 2.24) is 5.32 Å². The lowest BCUT2D eigenvalue weighted by Gasteiger charge is -2.20. The molecule has 2 amide bonds. The number of nitrogens with one attached hydrogen (secondary N) is 2. The summed E-state index contributed by atoms with van der Waals surface area (Å²) in [6.45, 7) is 1.07. The fraction of sp³-hybridized carbons (Fsp3) is 0.278. The first-order valence-corrected chi connectivity index (χ1v) is 8.08. The molecule has 126 valence electrons. The van der Waals surface area contributed by atoms with E-state index in [1.54, 1.807) is 31.4 Å². The lowest BCUT2D eigenvalue weighted by atomic mass is 9.94. The fourth-order valence-electron chi connectivity index (χ4n) is 2.74. The largest absolute Gasteiger partial charge is 0.497 e. The number of amides is 2. The number of methoxy groups -OCH3 is 1. The number of carbonyl (C=O) groups is 1. The quantitative estimate of drug-likeness (QED) is 0.888. The van der Waals surface area contributed by atoms with Crippen molar-refractivity contribution in [2.24, 2.45) is 0 Å². The Morgan fingerprint density at radius 3 is 2.50 bits per heavy atom. The molecule has 1 aliphatic heterocycles. The highest BCUT2D eigenvalue weighted by molar-refractivity contribution is 6.30. The Morgan fingerprint density at radius 1 is 1.12 bits per heavy atom. The summed E-state index contributed by atoms with van der Waals surface area (Å²) in [5.41, 5.74) is 1.81. The summed E-state index contributed by atoms with van der Waals surface area (Å²) >= 11 is 5.84. The molecule has 0 saturated carbocycles. The molecule has 0 bridgehead atoms. The number of carbonyl (C=O) groups excluding carboxylic acids is 1. The zero-order valence-corrected chi connectivity index (χ0v) is 14.0. The average molecular weight is 347 g/mol. The van der Waals surface area contributed by atoms with E-state index >= 15 is 0 Å². The Labute approximate surface area is 145 Å². The number of rotatable bonds is 4. The molecule has 2 aromatic rings. The van der Waals surface area contributed by atoms with Crippen molar-refractivity contribution >= 4 is 23.3 Å². The molecule has 0 aromatic heterocycles. The Balaban J connectivity index is 1.62. The molecule has 6 heteroatoms. The topological polar surface area (TPSA) is 59.6 Å². The standard InChI is InChI=1S/C18H19ClN2O3/c1-23-15-8-2-12(3-9-15)16-10-24-11-17(16)21-18(22)20-14-6-4-13(19)5-7-14/h2-9,16-17H,10-11H2,1H3,(H2,20,21,22)/t16-,17-/m0/s1. The monoisotopic (exact) mass is 346 g/mol. The summed E-state index contributed by atoms with van der Waals surface area (Å²) < 4.78 is 10.7. The van der Waals surface area contributed by atoms with Crippen molar-refractivity contribution in [2.45, 2.75) is 12.0 Å². The lowest BCUT2D eigenvalue weighted by Crippen LogP contribution is -2.41. The maximum atomic E-state index is 12.2. The van der Waals surface area contributed by atoms with Gasteiger partial charge in [-0.3, -0.25) is 0 Å². The zero-order valence-electron chi connectivity index (χ0n) is 13.3. The van der Waals surface area contributed by atoms with E-state index in [2.05, 4.69) is 10.6 Å². The van der Waals surface area contributed by atoms with Gasteiger partial charge in [0, 0.05) is 16.6 Å². The number of hydrogen-bond donors (Lipinski definition) is 2. The maximum Gasteiger partial charge on any atom is 0.319 e. The third-order valence-electron chi connectivity index (χ3n) is 4.04. The van der Waals surface area contributed by atoms with Crippen molar-refractivity contribution in [3.63, 3.8) is 0 Å². The Bertz CT molecular complexity index is 688. The van der Waals surface area contributed by atoms with E-state index in [0.717, 1.165) is 11.3 Å². The van der Waals surface area contributed by atoms with E-state index in [1.807, 2.05) is 24.3 Å². The van der Waals surface area contributed by atoms with Gasteiger partial charge in [0.15, 0.2) is 0 Å². The fourth-order valence-corrected chi connectivity index (χ4v) is 2.87. The van der Waals surface area contributed by atoms with Gasteiger partial charge in [0.1, 0.15) is 5.75 Å². The highest BCUT2D eigenvalue weighted by atomic mass is 35.5. The van der Waals surface area contributed by atoms with Crippen LogP contribution < -0.4 is 15.4 Å². The number of benzene rings is 2. The van der Waals surface area contributed by atoms with Crippen molar-refractivity contribution in [1.29, 1.82) is 0 Å². The number of hydrogen-bond acceptors (Lipinski definition) is 3. The molecular formula is C18H19ClN2O3. The minimum absolute atomic E-state index is 0.0781. The summed E-state index contributed by atoms with van der Waals surface area (Å²) in [4.78, 5) is 12.2. The highest BCUT2D eigenvalue weighted by Crippen LogP contribution is 2.27. The third-order valence-corrected chi connectivity index (χ3v) is 4.30. The molecule has 5 nitrogen and oxygen atoms in total. The smallest absolute Gasteiger partial charge is 0.319 e. The van der Waals surface area contributed by atoms with Gasteiger partial charge >= 0.3 is 6.03 Å². The number of anilines is 1. The molecule has 1 aliphatic rings. The molecule has 1 fully saturated rings. The van der Waals surface area contributed by atoms with Gasteiger partial charge in [-0.2, -0.15) is 0 Å². The van der Waals surface area contributed by atoms with Gasteiger partial charge in [-0.05, 0) is 42.0 Å². The minimum atomic E-state index is -0.258. The van der Waals surface area contributed by atoms with Crippen LogP contribution in [0.25, 0.3) is 0 Å². The van der Waals surface area contributed by atoms with Crippen LogP contribution >= 0.6 is 11.6 Å². The summed E-state index contributed by atoms with van der Waals surface area (Å²) in [6.07, 6.45) is 0. The van der Waals surface area contributed by atoms with Crippen molar-refractivity contribution in [3.8, 4) is 5.75 Å². The van der Waals surface area contributed by atoms with Gasteiger partial charge in [-0.25, -0.2) is 4.79 Å². The van der Waals surface area contributed by atoms with Gasteiger partial charge < -0.3 is 20.1 Å². The summed E-state index contributed by atoms with van der Waals surface area (Å²) in [7, 11) is 1.64. The molecular weight excluding hydrogens is 328 g/mol. The first-order chi connectivity index (χ1) is 11.7. The minimum Gasteiger partial charge on any atom is -0.497 e. The van der Waals surface area contributed by atoms with E-state index < -0.39 is 0 Å². The van der Waals surface area contributed by atoms with Gasteiger partial charge in [0.05, 0.1) is 26.4 Å². The van der Waals surface area contributed by atoms with Crippen LogP contribution in [0.3, 0.4) is 0 Å². The molecule has 1 heterocycles. The Hall–Kier alpha value is -2.24. The van der Waals surface area contributed by atoms with Crippen molar-refractivity contribution in [3.05, 3.63) is 59.1 Å². The van der Waals surface area contributed by atoms with Crippen LogP contribution in [0.15, 0.2) is 48.5 Å². The molecule has 2 atom stereocenters. The van der Waals surface area contributed by atoms with E-state index in [4.69, 9.17) is 21.1 Å². The summed E-state index contributed by atoms with van der Waals surface area (Å²) in [5.74, 6) is 0.925. The first kappa shape index (κ1) is 16.6. The number of urea groups is 1. The van der Waals surface area contributed by atoms with Crippen LogP contribution in [0.5, 0.6) is 5.75 Å². The molecule has 1 saturated heterocycles. The zero-order chi connectivity index (χ0) is 16.9. The predicted molar refractivity (Wildman–Crippen MR) is 93.9 cm³/mol. The van der Waals surface area contributed by atoms with Gasteiger partial charge in [0.25, 0.3) is 0 Å². The van der Waals surface area contributed by atoms with E-state index in [-0.39, 0.29) is 18.0 Å². The van der Waals surface area contributed by atoms with Crippen LogP contribution in [0.4, 0.5) is 10.5 Å². The second kappa shape index (κ2) is 7.55. The molecule has 3 rings (SSSR count). The lowest BCUT2D eigenvalue weighted by molar-refractivity contribution is 0.187. The average Bonchev–Trinajstić information content (AvgIpc) is 3.05. The Morgan fingerprint density at radius 2 is 1.83 bits per heavy atom. The van der Waals surface area contributed by atoms with E-state index in [9.17, 15) is 4.79 Å². The first-order valence-electron chi connectivity index (χ1n) is 7.70. The van der Waals surface area contributed by atoms with Crippen LogP contribution in [0.1, 0.15) is 11.5 Å². The van der Waals surface area contributed by atoms with Crippen LogP contribution in [0, 0.1) is 0 Å². The molecule has 0 spiro atoms. The van der Waals surface area contributed by atoms with E-state index in [1.165, 1.54) is 0 Å². The second-order valence-electron chi connectivity index (χ2n) is 5.63. The van der Waals surface area contributed by atoms with Crippen molar-refractivity contribution < 1.29 is 14.3 Å². The van der Waals surface area contributed by atoms with Crippen LogP contribution in [-0.4, -0.2) is 32.4 Å². The molecule has 0 aliphatic carbocycles. The third kappa shape index (κ3) is 3.99. The maximum absolute atomic E-state index is 12.2. The van der Waals surface area contributed by atoms with E-state index in [0.29, 0.717) is 23.9 Å². The summed E-state index contributed by atoms with van der Waals surface area (Å²) in [5, 5.41) is 6.41. The van der Waals surface area contributed by atoms with Crippen molar-refractivity contribution in [2.75, 3.05) is 25.6 Å². The molecule has 2 aromatic carbocycles. The Kier molecular flexibility index (Phi) is 5.23. The van der Waals surface area contributed by atoms with Gasteiger partial charge in [0.2, 0.25) is 0 Å². The normalized spacial score (nSPS) is 19.8. The van der Waals surface area contributed by atoms with Gasteiger partial charge in [-0.15, -0.1) is 0 Å². The number of halogens is 1. The SMILES string of the molecule is COc1ccc([C@@H]2COC[C@@H]2NC(=O)Nc2ccc(Cl)cc2)cc1. The van der Waals surface area contributed by atoms with Crippen LogP contribution in [0.2, 0.25) is 5.02 Å².